The number of alkyl halides is 3. The van der Waals surface area contributed by atoms with Gasteiger partial charge in [0.15, 0.2) is 0 Å². The average molecular weight is 405 g/mol. The summed E-state index contributed by atoms with van der Waals surface area (Å²) in [5, 5.41) is 18.8. The zero-order valence-electron chi connectivity index (χ0n) is 12.3. The molecule has 1 aliphatic rings. The molecular formula is C16H12BrF3O4. The summed E-state index contributed by atoms with van der Waals surface area (Å²) in [6, 6.07) is 3.16. The lowest BCUT2D eigenvalue weighted by Gasteiger charge is -2.32. The highest BCUT2D eigenvalue weighted by atomic mass is 79.9. The van der Waals surface area contributed by atoms with Crippen molar-refractivity contribution >= 4 is 27.9 Å². The largest absolute Gasteiger partial charge is 0.480 e. The Hall–Kier alpha value is -2.09. The maximum absolute atomic E-state index is 13.4. The van der Waals surface area contributed by atoms with Crippen LogP contribution in [0, 0.1) is 0 Å². The maximum Gasteiger partial charge on any atom is 0.416 e. The lowest BCUT2D eigenvalue weighted by atomic mass is 9.70. The van der Waals surface area contributed by atoms with Crippen molar-refractivity contribution in [2.24, 2.45) is 0 Å². The number of rotatable bonds is 3. The van der Waals surface area contributed by atoms with Crippen LogP contribution in [0.3, 0.4) is 0 Å². The van der Waals surface area contributed by atoms with Crippen LogP contribution >= 0.6 is 15.9 Å². The molecule has 0 saturated heterocycles. The molecule has 0 bridgehead atoms. The van der Waals surface area contributed by atoms with Gasteiger partial charge >= 0.3 is 18.1 Å². The van der Waals surface area contributed by atoms with Crippen LogP contribution in [0.25, 0.3) is 0 Å². The third kappa shape index (κ3) is 3.24. The number of benzene rings is 1. The molecule has 128 valence electrons. The molecule has 2 rings (SSSR count). The van der Waals surface area contributed by atoms with Crippen molar-refractivity contribution in [3.63, 3.8) is 0 Å². The molecule has 1 aromatic rings. The van der Waals surface area contributed by atoms with Crippen molar-refractivity contribution in [1.29, 1.82) is 0 Å². The van der Waals surface area contributed by atoms with Crippen molar-refractivity contribution in [3.8, 4) is 0 Å². The zero-order chi connectivity index (χ0) is 18.3. The first-order valence-corrected chi connectivity index (χ1v) is 7.50. The number of hydrogen-bond acceptors (Lipinski definition) is 2. The van der Waals surface area contributed by atoms with Crippen LogP contribution in [0.15, 0.2) is 46.0 Å². The van der Waals surface area contributed by atoms with E-state index in [0.717, 1.165) is 12.1 Å². The Bertz CT molecular complexity index is 780. The molecule has 0 radical (unpaired) electrons. The summed E-state index contributed by atoms with van der Waals surface area (Å²) in [6.45, 7) is 1.45. The lowest BCUT2D eigenvalue weighted by molar-refractivity contribution is -0.144. The smallest absolute Gasteiger partial charge is 0.416 e. The normalized spacial score (nSPS) is 21.0. The first-order chi connectivity index (χ1) is 11.0. The molecule has 0 saturated carbocycles. The van der Waals surface area contributed by atoms with E-state index in [1.54, 1.807) is 0 Å². The van der Waals surface area contributed by atoms with Crippen LogP contribution in [0.4, 0.5) is 13.2 Å². The molecule has 0 amide bonds. The van der Waals surface area contributed by atoms with Crippen LogP contribution in [0.1, 0.15) is 24.5 Å². The van der Waals surface area contributed by atoms with Gasteiger partial charge in [-0.1, -0.05) is 33.6 Å². The Balaban J connectivity index is 2.78. The molecule has 0 heterocycles. The average Bonchev–Trinajstić information content (AvgIpc) is 2.45. The van der Waals surface area contributed by atoms with E-state index in [2.05, 4.69) is 15.9 Å². The topological polar surface area (TPSA) is 74.6 Å². The molecule has 4 nitrogen and oxygen atoms in total. The predicted octanol–water partition coefficient (Wildman–Crippen LogP) is 4.15. The van der Waals surface area contributed by atoms with Gasteiger partial charge in [0, 0.05) is 16.5 Å². The van der Waals surface area contributed by atoms with Crippen LogP contribution in [0.2, 0.25) is 0 Å². The van der Waals surface area contributed by atoms with Crippen LogP contribution in [-0.4, -0.2) is 22.2 Å². The Kier molecular flexibility index (Phi) is 4.63. The quantitative estimate of drug-likeness (QED) is 0.793. The van der Waals surface area contributed by atoms with Gasteiger partial charge in [0.2, 0.25) is 0 Å². The summed E-state index contributed by atoms with van der Waals surface area (Å²) >= 11 is 2.95. The first kappa shape index (κ1) is 18.3. The molecule has 0 fully saturated rings. The Morgan fingerprint density at radius 2 is 1.88 bits per heavy atom. The standard InChI is InChI=1S/C16H12BrF3O4/c1-8-4-9(13(21)22)7-15(6-8,14(23)24)11-3-2-10(17)5-12(11)16(18,19)20/h2-6H,7H2,1H3,(H,21,22)(H,23,24). The van der Waals surface area contributed by atoms with Crippen LogP contribution < -0.4 is 0 Å². The minimum atomic E-state index is -4.78. The molecule has 2 N–H and O–H groups in total. The van der Waals surface area contributed by atoms with E-state index < -0.39 is 41.1 Å². The Morgan fingerprint density at radius 1 is 1.25 bits per heavy atom. The summed E-state index contributed by atoms with van der Waals surface area (Å²) in [6.07, 6.45) is -2.93. The van der Waals surface area contributed by atoms with Crippen molar-refractivity contribution in [1.82, 2.24) is 0 Å². The second-order valence-corrected chi connectivity index (χ2v) is 6.42. The van der Waals surface area contributed by atoms with E-state index in [0.29, 0.717) is 0 Å². The first-order valence-electron chi connectivity index (χ1n) is 6.71. The van der Waals surface area contributed by atoms with Crippen molar-refractivity contribution in [2.75, 3.05) is 0 Å². The molecule has 0 aromatic heterocycles. The fourth-order valence-corrected chi connectivity index (χ4v) is 3.17. The predicted molar refractivity (Wildman–Crippen MR) is 82.6 cm³/mol. The monoisotopic (exact) mass is 404 g/mol. The van der Waals surface area contributed by atoms with Crippen LogP contribution in [0.5, 0.6) is 0 Å². The number of aliphatic carboxylic acids is 2. The minimum absolute atomic E-state index is 0.143. The van der Waals surface area contributed by atoms with Crippen molar-refractivity contribution < 1.29 is 33.0 Å². The van der Waals surface area contributed by atoms with Gasteiger partial charge < -0.3 is 10.2 Å². The molecule has 1 aromatic carbocycles. The molecule has 1 unspecified atom stereocenters. The molecule has 0 spiro atoms. The Labute approximate surface area is 143 Å². The highest BCUT2D eigenvalue weighted by Gasteiger charge is 2.47. The van der Waals surface area contributed by atoms with E-state index >= 15 is 0 Å². The second-order valence-electron chi connectivity index (χ2n) is 5.50. The number of halogens is 4. The van der Waals surface area contributed by atoms with Gasteiger partial charge in [-0.2, -0.15) is 13.2 Å². The summed E-state index contributed by atoms with van der Waals surface area (Å²) in [4.78, 5) is 23.2. The summed E-state index contributed by atoms with van der Waals surface area (Å²) in [7, 11) is 0. The summed E-state index contributed by atoms with van der Waals surface area (Å²) < 4.78 is 40.4. The molecule has 24 heavy (non-hydrogen) atoms. The molecule has 8 heteroatoms. The molecule has 0 aliphatic heterocycles. The lowest BCUT2D eigenvalue weighted by Crippen LogP contribution is -2.39. The summed E-state index contributed by atoms with van der Waals surface area (Å²) in [5.41, 5.74) is -3.68. The third-order valence-corrected chi connectivity index (χ3v) is 4.26. The van der Waals surface area contributed by atoms with Gasteiger partial charge in [0.25, 0.3) is 0 Å². The fraction of sp³-hybridized carbons (Fsp3) is 0.250. The van der Waals surface area contributed by atoms with E-state index in [1.807, 2.05) is 0 Å². The molecule has 1 aliphatic carbocycles. The summed E-state index contributed by atoms with van der Waals surface area (Å²) in [5.74, 6) is -2.90. The van der Waals surface area contributed by atoms with E-state index in [4.69, 9.17) is 0 Å². The van der Waals surface area contributed by atoms with Crippen LogP contribution in [-0.2, 0) is 21.2 Å². The van der Waals surface area contributed by atoms with Gasteiger partial charge in [0.1, 0.15) is 5.41 Å². The number of carboxylic acid groups (broad SMARTS) is 2. The van der Waals surface area contributed by atoms with Gasteiger partial charge in [-0.3, -0.25) is 4.79 Å². The number of allylic oxidation sites excluding steroid dienone is 2. The Morgan fingerprint density at radius 3 is 2.38 bits per heavy atom. The second kappa shape index (κ2) is 6.08. The SMILES string of the molecule is CC1=CC(C(=O)O)(c2ccc(Br)cc2C(F)(F)F)CC(C(=O)O)=C1. The number of carboxylic acids is 2. The van der Waals surface area contributed by atoms with E-state index in [1.165, 1.54) is 25.1 Å². The van der Waals surface area contributed by atoms with Crippen molar-refractivity contribution in [3.05, 3.63) is 57.1 Å². The number of hydrogen-bond donors (Lipinski definition) is 2. The number of carbonyl (C=O) groups is 2. The molecule has 1 atom stereocenters. The van der Waals surface area contributed by atoms with Gasteiger partial charge in [-0.15, -0.1) is 0 Å². The van der Waals surface area contributed by atoms with E-state index in [-0.39, 0.29) is 15.6 Å². The maximum atomic E-state index is 13.4. The van der Waals surface area contributed by atoms with E-state index in [9.17, 15) is 33.0 Å². The van der Waals surface area contributed by atoms with Gasteiger partial charge in [0.05, 0.1) is 5.56 Å². The third-order valence-electron chi connectivity index (χ3n) is 3.77. The zero-order valence-corrected chi connectivity index (χ0v) is 13.9. The molecular weight excluding hydrogens is 393 g/mol. The van der Waals surface area contributed by atoms with Gasteiger partial charge in [-0.25, -0.2) is 4.79 Å². The minimum Gasteiger partial charge on any atom is -0.480 e. The van der Waals surface area contributed by atoms with Crippen molar-refractivity contribution in [2.45, 2.75) is 24.9 Å². The fourth-order valence-electron chi connectivity index (χ4n) is 2.81. The van der Waals surface area contributed by atoms with Gasteiger partial charge in [-0.05, 0) is 30.7 Å². The highest BCUT2D eigenvalue weighted by molar-refractivity contribution is 9.10. The highest BCUT2D eigenvalue weighted by Crippen LogP contribution is 2.45.